The molecule has 1 aliphatic rings. The highest BCUT2D eigenvalue weighted by molar-refractivity contribution is 7.78. The van der Waals surface area contributed by atoms with Crippen LogP contribution in [0.1, 0.15) is 47.0 Å². The quantitative estimate of drug-likeness (QED) is 0.445. The van der Waals surface area contributed by atoms with Gasteiger partial charge < -0.3 is 4.74 Å². The topological polar surface area (TPSA) is 38.7 Å². The molecule has 0 heterocycles. The Kier molecular flexibility index (Phi) is 5.97. The first-order valence-electron chi connectivity index (χ1n) is 6.73. The Morgan fingerprint density at radius 1 is 1.39 bits per heavy atom. The van der Waals surface area contributed by atoms with Crippen LogP contribution in [-0.4, -0.2) is 23.3 Å². The Bertz CT molecular complexity index is 337. The average molecular weight is 269 g/mol. The van der Waals surface area contributed by atoms with Crippen molar-refractivity contribution in [3.63, 3.8) is 0 Å². The van der Waals surface area contributed by atoms with E-state index in [1.165, 1.54) is 6.42 Å². The number of nitrogens with zero attached hydrogens (tertiary/aromatic N) is 1. The lowest BCUT2D eigenvalue weighted by atomic mass is 9.75. The van der Waals surface area contributed by atoms with Crippen LogP contribution >= 0.6 is 12.2 Å². The number of hydrogen-bond acceptors (Lipinski definition) is 4. The molecule has 0 N–H and O–H groups in total. The van der Waals surface area contributed by atoms with Gasteiger partial charge >= 0.3 is 5.97 Å². The van der Waals surface area contributed by atoms with Crippen LogP contribution < -0.4 is 0 Å². The van der Waals surface area contributed by atoms with Crippen molar-refractivity contribution in [1.29, 1.82) is 0 Å². The molecule has 0 radical (unpaired) electrons. The number of thiocarbonyl (C=S) groups is 1. The molecule has 3 nitrogen and oxygen atoms in total. The zero-order chi connectivity index (χ0) is 13.7. The number of hydrogen-bond donors (Lipinski definition) is 0. The van der Waals surface area contributed by atoms with E-state index in [1.54, 1.807) is 6.92 Å². The number of rotatable bonds is 4. The number of aliphatic imine (C=N–C) groups is 1. The third-order valence-corrected chi connectivity index (χ3v) is 3.92. The summed E-state index contributed by atoms with van der Waals surface area (Å²) in [5, 5.41) is 2.24. The molecule has 0 saturated heterocycles. The fourth-order valence-corrected chi connectivity index (χ4v) is 2.79. The number of ether oxygens (including phenoxy) is 1. The lowest BCUT2D eigenvalue weighted by Crippen LogP contribution is -2.37. The summed E-state index contributed by atoms with van der Waals surface area (Å²) in [6.07, 6.45) is 3.36. The first-order valence-corrected chi connectivity index (χ1v) is 7.14. The van der Waals surface area contributed by atoms with E-state index in [9.17, 15) is 4.79 Å². The number of esters is 1. The van der Waals surface area contributed by atoms with Crippen molar-refractivity contribution in [1.82, 2.24) is 0 Å². The van der Waals surface area contributed by atoms with Crippen molar-refractivity contribution in [2.45, 2.75) is 59.1 Å². The number of carbonyl (C=O) groups is 1. The Morgan fingerprint density at radius 3 is 2.61 bits per heavy atom. The average Bonchev–Trinajstić information content (AvgIpc) is 2.28. The van der Waals surface area contributed by atoms with E-state index in [4.69, 9.17) is 4.74 Å². The summed E-state index contributed by atoms with van der Waals surface area (Å²) in [4.78, 5) is 15.6. The summed E-state index contributed by atoms with van der Waals surface area (Å²) in [5.74, 6) is 1.35. The molecule has 18 heavy (non-hydrogen) atoms. The first kappa shape index (κ1) is 15.3. The van der Waals surface area contributed by atoms with E-state index >= 15 is 0 Å². The molecule has 0 spiro atoms. The molecule has 0 bridgehead atoms. The maximum atomic E-state index is 11.9. The molecular weight excluding hydrogens is 246 g/mol. The fraction of sp³-hybridized carbons (Fsp3) is 0.857. The summed E-state index contributed by atoms with van der Waals surface area (Å²) >= 11 is 4.51. The summed E-state index contributed by atoms with van der Waals surface area (Å²) in [7, 11) is 0. The zero-order valence-electron chi connectivity index (χ0n) is 11.7. The molecule has 0 aromatic heterocycles. The standard InChI is InChI=1S/C14H23NO2S/c1-9(2)12-6-5-10(3)7-13(12)17-14(16)11(4)15-8-18/h9-13H,5-7H2,1-4H3/t10-,11+,12+,13-/m1/s1. The van der Waals surface area contributed by atoms with Crippen LogP contribution in [0.5, 0.6) is 0 Å². The smallest absolute Gasteiger partial charge is 0.331 e. The van der Waals surface area contributed by atoms with Crippen molar-refractivity contribution in [2.24, 2.45) is 22.7 Å². The summed E-state index contributed by atoms with van der Waals surface area (Å²) in [5.41, 5.74) is 0. The predicted octanol–water partition coefficient (Wildman–Crippen LogP) is 3.48. The normalized spacial score (nSPS) is 29.5. The van der Waals surface area contributed by atoms with Gasteiger partial charge in [-0.2, -0.15) is 0 Å². The largest absolute Gasteiger partial charge is 0.460 e. The molecule has 4 heteroatoms. The molecule has 0 unspecified atom stereocenters. The molecular formula is C14H23NO2S. The fourth-order valence-electron chi connectivity index (χ4n) is 2.63. The molecule has 0 aromatic rings. The highest BCUT2D eigenvalue weighted by Crippen LogP contribution is 2.35. The van der Waals surface area contributed by atoms with Crippen molar-refractivity contribution >= 4 is 23.3 Å². The van der Waals surface area contributed by atoms with Crippen LogP contribution in [0.15, 0.2) is 4.99 Å². The molecule has 1 fully saturated rings. The first-order chi connectivity index (χ1) is 8.45. The maximum absolute atomic E-state index is 11.9. The van der Waals surface area contributed by atoms with E-state index in [1.807, 2.05) is 0 Å². The minimum atomic E-state index is -0.535. The van der Waals surface area contributed by atoms with Gasteiger partial charge in [-0.05, 0) is 49.7 Å². The van der Waals surface area contributed by atoms with E-state index < -0.39 is 6.04 Å². The Labute approximate surface area is 115 Å². The Balaban J connectivity index is 2.66. The monoisotopic (exact) mass is 269 g/mol. The van der Waals surface area contributed by atoms with Gasteiger partial charge in [-0.15, -0.1) is 0 Å². The number of isothiocyanates is 1. The Morgan fingerprint density at radius 2 is 2.06 bits per heavy atom. The molecule has 0 aromatic carbocycles. The van der Waals surface area contributed by atoms with Gasteiger partial charge in [-0.1, -0.05) is 27.2 Å². The third-order valence-electron chi connectivity index (χ3n) is 3.82. The predicted molar refractivity (Wildman–Crippen MR) is 75.7 cm³/mol. The number of carbonyl (C=O) groups excluding carboxylic acids is 1. The highest BCUT2D eigenvalue weighted by atomic mass is 32.1. The summed E-state index contributed by atoms with van der Waals surface area (Å²) in [6, 6.07) is -0.535. The van der Waals surface area contributed by atoms with Gasteiger partial charge in [-0.25, -0.2) is 9.79 Å². The van der Waals surface area contributed by atoms with Gasteiger partial charge in [0.2, 0.25) is 0 Å². The molecule has 1 saturated carbocycles. The molecule has 1 aliphatic carbocycles. The molecule has 0 amide bonds. The van der Waals surface area contributed by atoms with Crippen LogP contribution in [-0.2, 0) is 9.53 Å². The minimum absolute atomic E-state index is 0.0315. The van der Waals surface area contributed by atoms with Crippen molar-refractivity contribution in [3.8, 4) is 0 Å². The van der Waals surface area contributed by atoms with Gasteiger partial charge in [0.05, 0.1) is 5.16 Å². The second kappa shape index (κ2) is 7.01. The van der Waals surface area contributed by atoms with E-state index in [2.05, 4.69) is 43.1 Å². The van der Waals surface area contributed by atoms with E-state index in [0.29, 0.717) is 17.8 Å². The van der Waals surface area contributed by atoms with Crippen molar-refractivity contribution < 1.29 is 9.53 Å². The minimum Gasteiger partial charge on any atom is -0.460 e. The maximum Gasteiger partial charge on any atom is 0.331 e. The van der Waals surface area contributed by atoms with Gasteiger partial charge in [-0.3, -0.25) is 0 Å². The van der Waals surface area contributed by atoms with Crippen LogP contribution in [0.25, 0.3) is 0 Å². The van der Waals surface area contributed by atoms with Crippen LogP contribution in [0, 0.1) is 17.8 Å². The molecule has 1 rings (SSSR count). The van der Waals surface area contributed by atoms with Crippen molar-refractivity contribution in [3.05, 3.63) is 0 Å². The van der Waals surface area contributed by atoms with E-state index in [0.717, 1.165) is 12.8 Å². The second-order valence-electron chi connectivity index (χ2n) is 5.70. The molecule has 102 valence electrons. The van der Waals surface area contributed by atoms with Crippen molar-refractivity contribution in [2.75, 3.05) is 0 Å². The summed E-state index contributed by atoms with van der Waals surface area (Å²) in [6.45, 7) is 8.30. The third kappa shape index (κ3) is 4.18. The Hall–Kier alpha value is -0.730. The summed E-state index contributed by atoms with van der Waals surface area (Å²) < 4.78 is 5.63. The van der Waals surface area contributed by atoms with Gasteiger partial charge in [0.15, 0.2) is 6.04 Å². The van der Waals surface area contributed by atoms with Gasteiger partial charge in [0.25, 0.3) is 0 Å². The SMILES string of the molecule is CC(C)[C@@H]1CC[C@@H](C)C[C@H]1OC(=O)[C@H](C)N=C=S. The second-order valence-corrected chi connectivity index (χ2v) is 5.88. The lowest BCUT2D eigenvalue weighted by molar-refractivity contribution is -0.156. The van der Waals surface area contributed by atoms with E-state index in [-0.39, 0.29) is 12.1 Å². The highest BCUT2D eigenvalue weighted by Gasteiger charge is 2.34. The zero-order valence-corrected chi connectivity index (χ0v) is 12.5. The lowest BCUT2D eigenvalue weighted by Gasteiger charge is -2.36. The van der Waals surface area contributed by atoms with Gasteiger partial charge in [0.1, 0.15) is 6.10 Å². The molecule has 0 aliphatic heterocycles. The van der Waals surface area contributed by atoms with Crippen LogP contribution in [0.2, 0.25) is 0 Å². The van der Waals surface area contributed by atoms with Crippen LogP contribution in [0.4, 0.5) is 0 Å². The van der Waals surface area contributed by atoms with Crippen LogP contribution in [0.3, 0.4) is 0 Å². The molecule has 4 atom stereocenters. The van der Waals surface area contributed by atoms with Gasteiger partial charge in [0, 0.05) is 0 Å².